The van der Waals surface area contributed by atoms with Gasteiger partial charge in [-0.05, 0) is 12.5 Å². The lowest BCUT2D eigenvalue weighted by atomic mass is 10.1. The van der Waals surface area contributed by atoms with Gasteiger partial charge in [0, 0.05) is 25.2 Å². The first-order valence-corrected chi connectivity index (χ1v) is 5.44. The highest BCUT2D eigenvalue weighted by atomic mass is 16.2. The highest BCUT2D eigenvalue weighted by molar-refractivity contribution is 5.99. The molecular formula is C11H14N4O2. The highest BCUT2D eigenvalue weighted by Crippen LogP contribution is 2.10. The zero-order valence-electron chi connectivity index (χ0n) is 9.27. The predicted molar refractivity (Wildman–Crippen MR) is 62.1 cm³/mol. The fourth-order valence-electron chi connectivity index (χ4n) is 1.73. The Bertz CT molecular complexity index is 437. The van der Waals surface area contributed by atoms with E-state index in [1.165, 1.54) is 12.4 Å². The molecule has 4 N–H and O–H groups in total. The fourth-order valence-corrected chi connectivity index (χ4v) is 1.73. The Hall–Kier alpha value is -2.11. The van der Waals surface area contributed by atoms with Gasteiger partial charge in [-0.25, -0.2) is 0 Å². The van der Waals surface area contributed by atoms with Gasteiger partial charge >= 0.3 is 0 Å². The third-order valence-corrected chi connectivity index (χ3v) is 2.70. The molecule has 0 aromatic carbocycles. The van der Waals surface area contributed by atoms with Crippen molar-refractivity contribution in [3.8, 4) is 0 Å². The number of nitrogen functional groups attached to an aromatic ring is 1. The Morgan fingerprint density at radius 3 is 3.06 bits per heavy atom. The molecule has 0 saturated carbocycles. The second-order valence-electron chi connectivity index (χ2n) is 3.98. The van der Waals surface area contributed by atoms with E-state index in [-0.39, 0.29) is 17.9 Å². The number of aromatic nitrogens is 1. The molecule has 2 heterocycles. The van der Waals surface area contributed by atoms with Crippen molar-refractivity contribution < 1.29 is 9.59 Å². The van der Waals surface area contributed by atoms with Crippen molar-refractivity contribution in [1.29, 1.82) is 0 Å². The third kappa shape index (κ3) is 2.72. The van der Waals surface area contributed by atoms with Gasteiger partial charge in [0.05, 0.1) is 17.4 Å². The summed E-state index contributed by atoms with van der Waals surface area (Å²) in [6, 6.07) is 1.54. The molecule has 6 heteroatoms. The number of rotatable bonds is 2. The largest absolute Gasteiger partial charge is 0.397 e. The maximum absolute atomic E-state index is 11.9. The Morgan fingerprint density at radius 2 is 2.41 bits per heavy atom. The molecule has 6 nitrogen and oxygen atoms in total. The minimum absolute atomic E-state index is 0.0268. The normalized spacial score (nSPS) is 19.5. The fraction of sp³-hybridized carbons (Fsp3) is 0.364. The third-order valence-electron chi connectivity index (χ3n) is 2.70. The van der Waals surface area contributed by atoms with Gasteiger partial charge in [-0.15, -0.1) is 0 Å². The average molecular weight is 234 g/mol. The van der Waals surface area contributed by atoms with Crippen LogP contribution in [-0.2, 0) is 4.79 Å². The van der Waals surface area contributed by atoms with E-state index >= 15 is 0 Å². The van der Waals surface area contributed by atoms with Crippen LogP contribution in [0.15, 0.2) is 18.5 Å². The molecule has 1 aliphatic heterocycles. The number of nitrogens with one attached hydrogen (secondary N) is 2. The van der Waals surface area contributed by atoms with Gasteiger partial charge in [-0.1, -0.05) is 0 Å². The molecule has 2 amide bonds. The molecule has 1 aliphatic rings. The quantitative estimate of drug-likeness (QED) is 0.652. The van der Waals surface area contributed by atoms with Crippen LogP contribution in [0.4, 0.5) is 5.69 Å². The van der Waals surface area contributed by atoms with Crippen LogP contribution in [0.3, 0.4) is 0 Å². The number of hydrogen-bond donors (Lipinski definition) is 3. The van der Waals surface area contributed by atoms with E-state index in [2.05, 4.69) is 15.6 Å². The monoisotopic (exact) mass is 234 g/mol. The van der Waals surface area contributed by atoms with Gasteiger partial charge < -0.3 is 16.4 Å². The summed E-state index contributed by atoms with van der Waals surface area (Å²) in [6.45, 7) is 0.468. The van der Waals surface area contributed by atoms with E-state index in [1.54, 1.807) is 6.07 Å². The lowest BCUT2D eigenvalue weighted by molar-refractivity contribution is -0.122. The number of nitrogens with two attached hydrogens (primary N) is 1. The zero-order chi connectivity index (χ0) is 12.3. The van der Waals surface area contributed by atoms with Crippen LogP contribution >= 0.6 is 0 Å². The number of amides is 2. The standard InChI is InChI=1S/C11H14N4O2/c12-9-6-13-4-3-8(9)11(17)15-7-1-2-10(16)14-5-7/h3-4,6-7H,1-2,5,12H2,(H,14,16)(H,15,17). The summed E-state index contributed by atoms with van der Waals surface area (Å²) in [5.74, 6) is -0.204. The molecule has 17 heavy (non-hydrogen) atoms. The molecule has 0 aliphatic carbocycles. The number of pyridine rings is 1. The molecule has 1 unspecified atom stereocenters. The summed E-state index contributed by atoms with van der Waals surface area (Å²) in [4.78, 5) is 26.7. The summed E-state index contributed by atoms with van der Waals surface area (Å²) in [5.41, 5.74) is 6.42. The summed E-state index contributed by atoms with van der Waals surface area (Å²) in [6.07, 6.45) is 4.06. The second-order valence-corrected chi connectivity index (χ2v) is 3.98. The van der Waals surface area contributed by atoms with Crippen molar-refractivity contribution in [3.63, 3.8) is 0 Å². The number of nitrogens with zero attached hydrogens (tertiary/aromatic N) is 1. The van der Waals surface area contributed by atoms with Gasteiger partial charge in [-0.2, -0.15) is 0 Å². The van der Waals surface area contributed by atoms with E-state index < -0.39 is 0 Å². The Morgan fingerprint density at radius 1 is 1.59 bits per heavy atom. The zero-order valence-corrected chi connectivity index (χ0v) is 9.27. The summed E-state index contributed by atoms with van der Waals surface area (Å²) >= 11 is 0. The number of carbonyl (C=O) groups is 2. The van der Waals surface area contributed by atoms with Crippen LogP contribution in [0.25, 0.3) is 0 Å². The molecule has 1 aromatic rings. The van der Waals surface area contributed by atoms with Gasteiger partial charge in [0.1, 0.15) is 0 Å². The predicted octanol–water partition coefficient (Wildman–Crippen LogP) is -0.328. The second kappa shape index (κ2) is 4.82. The molecule has 1 atom stereocenters. The number of piperidine rings is 1. The summed E-state index contributed by atoms with van der Waals surface area (Å²) in [5, 5.41) is 5.54. The first-order chi connectivity index (χ1) is 8.16. The van der Waals surface area contributed by atoms with Crippen molar-refractivity contribution in [2.75, 3.05) is 12.3 Å². The van der Waals surface area contributed by atoms with Crippen LogP contribution in [-0.4, -0.2) is 29.4 Å². The van der Waals surface area contributed by atoms with Crippen LogP contribution < -0.4 is 16.4 Å². The van der Waals surface area contributed by atoms with Crippen molar-refractivity contribution in [2.24, 2.45) is 0 Å². The maximum Gasteiger partial charge on any atom is 0.253 e. The van der Waals surface area contributed by atoms with Crippen LogP contribution in [0.2, 0.25) is 0 Å². The minimum atomic E-state index is -0.231. The molecule has 0 spiro atoms. The molecule has 0 bridgehead atoms. The van der Waals surface area contributed by atoms with Crippen molar-refractivity contribution in [3.05, 3.63) is 24.0 Å². The molecule has 0 radical (unpaired) electrons. The number of hydrogen-bond acceptors (Lipinski definition) is 4. The first-order valence-electron chi connectivity index (χ1n) is 5.44. The lowest BCUT2D eigenvalue weighted by Gasteiger charge is -2.23. The minimum Gasteiger partial charge on any atom is -0.397 e. The van der Waals surface area contributed by atoms with E-state index in [4.69, 9.17) is 5.73 Å². The van der Waals surface area contributed by atoms with Crippen molar-refractivity contribution in [1.82, 2.24) is 15.6 Å². The van der Waals surface area contributed by atoms with Crippen LogP contribution in [0, 0.1) is 0 Å². The number of carbonyl (C=O) groups excluding carboxylic acids is 2. The highest BCUT2D eigenvalue weighted by Gasteiger charge is 2.20. The SMILES string of the molecule is Nc1cnccc1C(=O)NC1CCC(=O)NC1. The number of anilines is 1. The molecule has 1 fully saturated rings. The topological polar surface area (TPSA) is 97.1 Å². The lowest BCUT2D eigenvalue weighted by Crippen LogP contribution is -2.47. The van der Waals surface area contributed by atoms with Crippen molar-refractivity contribution >= 4 is 17.5 Å². The van der Waals surface area contributed by atoms with E-state index in [9.17, 15) is 9.59 Å². The van der Waals surface area contributed by atoms with Gasteiger partial charge in [-0.3, -0.25) is 14.6 Å². The van der Waals surface area contributed by atoms with Gasteiger partial charge in [0.25, 0.3) is 5.91 Å². The molecule has 1 saturated heterocycles. The van der Waals surface area contributed by atoms with Crippen LogP contribution in [0.5, 0.6) is 0 Å². The molecule has 90 valence electrons. The summed E-state index contributed by atoms with van der Waals surface area (Å²) in [7, 11) is 0. The average Bonchev–Trinajstić information content (AvgIpc) is 2.32. The smallest absolute Gasteiger partial charge is 0.253 e. The van der Waals surface area contributed by atoms with E-state index in [0.29, 0.717) is 30.6 Å². The van der Waals surface area contributed by atoms with E-state index in [1.807, 2.05) is 0 Å². The Balaban J connectivity index is 1.98. The van der Waals surface area contributed by atoms with Crippen molar-refractivity contribution in [2.45, 2.75) is 18.9 Å². The first kappa shape index (κ1) is 11.4. The van der Waals surface area contributed by atoms with E-state index in [0.717, 1.165) is 0 Å². The van der Waals surface area contributed by atoms with Gasteiger partial charge in [0.2, 0.25) is 5.91 Å². The Kier molecular flexibility index (Phi) is 3.22. The molecular weight excluding hydrogens is 220 g/mol. The Labute approximate surface area is 98.6 Å². The van der Waals surface area contributed by atoms with Crippen LogP contribution in [0.1, 0.15) is 23.2 Å². The maximum atomic E-state index is 11.9. The molecule has 2 rings (SSSR count). The van der Waals surface area contributed by atoms with Gasteiger partial charge in [0.15, 0.2) is 0 Å². The summed E-state index contributed by atoms with van der Waals surface area (Å²) < 4.78 is 0. The molecule has 1 aromatic heterocycles.